The molecule has 2 rings (SSSR count). The van der Waals surface area contributed by atoms with Crippen LogP contribution in [0.5, 0.6) is 11.5 Å². The first-order valence-electron chi connectivity index (χ1n) is 7.81. The molecule has 0 unspecified atom stereocenters. The summed E-state index contributed by atoms with van der Waals surface area (Å²) in [5, 5.41) is 20.1. The van der Waals surface area contributed by atoms with Gasteiger partial charge in [0.1, 0.15) is 17.1 Å². The van der Waals surface area contributed by atoms with E-state index in [1.807, 2.05) is 19.9 Å². The molecule has 0 saturated carbocycles. The fraction of sp³-hybridized carbons (Fsp3) is 0.200. The summed E-state index contributed by atoms with van der Waals surface area (Å²) in [7, 11) is 1.50. The second kappa shape index (κ2) is 8.15. The van der Waals surface area contributed by atoms with Crippen LogP contribution in [-0.2, 0) is 6.42 Å². The highest BCUT2D eigenvalue weighted by Gasteiger charge is 2.21. The number of rotatable bonds is 6. The molecule has 2 aromatic rings. The molecular formula is C20H21NO4. The molecule has 1 aromatic carbocycles. The molecule has 0 atom stereocenters. The molecule has 0 aliphatic carbocycles. The minimum Gasteiger partial charge on any atom is -0.507 e. The van der Waals surface area contributed by atoms with Crippen molar-refractivity contribution in [1.82, 2.24) is 4.98 Å². The van der Waals surface area contributed by atoms with Crippen molar-refractivity contribution in [2.45, 2.75) is 20.3 Å². The van der Waals surface area contributed by atoms with Gasteiger partial charge in [0.15, 0.2) is 0 Å². The van der Waals surface area contributed by atoms with E-state index < -0.39 is 5.97 Å². The Labute approximate surface area is 146 Å². The highest BCUT2D eigenvalue weighted by atomic mass is 16.5. The molecule has 0 bridgehead atoms. The lowest BCUT2D eigenvalue weighted by atomic mass is 9.97. The molecule has 5 heteroatoms. The second-order valence-corrected chi connectivity index (χ2v) is 5.77. The Kier molecular flexibility index (Phi) is 5.95. The monoisotopic (exact) mass is 339 g/mol. The van der Waals surface area contributed by atoms with E-state index in [9.17, 15) is 15.0 Å². The first-order valence-corrected chi connectivity index (χ1v) is 7.81. The van der Waals surface area contributed by atoms with Crippen molar-refractivity contribution >= 4 is 18.1 Å². The Bertz CT molecular complexity index is 819. The number of nitrogens with zero attached hydrogens (tertiary/aromatic N) is 1. The summed E-state index contributed by atoms with van der Waals surface area (Å²) in [6.45, 7) is 3.88. The number of carbonyl (C=O) groups is 1. The van der Waals surface area contributed by atoms with Crippen LogP contribution in [-0.4, -0.2) is 28.3 Å². The molecule has 0 aliphatic rings. The van der Waals surface area contributed by atoms with Gasteiger partial charge >= 0.3 is 5.97 Å². The third-order valence-corrected chi connectivity index (χ3v) is 3.71. The summed E-state index contributed by atoms with van der Waals surface area (Å²) in [4.78, 5) is 15.6. The second-order valence-electron chi connectivity index (χ2n) is 5.77. The lowest BCUT2D eigenvalue weighted by Gasteiger charge is -2.14. The van der Waals surface area contributed by atoms with Crippen LogP contribution in [0.25, 0.3) is 12.2 Å². The number of allylic oxidation sites excluding steroid dienone is 2. The van der Waals surface area contributed by atoms with Gasteiger partial charge in [-0.05, 0) is 49.6 Å². The highest BCUT2D eigenvalue weighted by Crippen LogP contribution is 2.36. The van der Waals surface area contributed by atoms with Crippen molar-refractivity contribution in [3.63, 3.8) is 0 Å². The first-order chi connectivity index (χ1) is 11.9. The molecule has 0 fully saturated rings. The zero-order valence-corrected chi connectivity index (χ0v) is 14.5. The van der Waals surface area contributed by atoms with Crippen molar-refractivity contribution in [1.29, 1.82) is 0 Å². The standard InChI is InChI=1S/C20H21NO4/c1-13(2)4-7-16-17(25-3)12-15(18(19(16)22)20(23)24)6-5-14-8-10-21-11-9-14/h4-6,8-12,22H,7H2,1-3H3,(H,23,24). The number of aromatic nitrogens is 1. The number of hydrogen-bond acceptors (Lipinski definition) is 4. The minimum absolute atomic E-state index is 0.136. The van der Waals surface area contributed by atoms with E-state index >= 15 is 0 Å². The number of phenols is 1. The van der Waals surface area contributed by atoms with E-state index in [0.717, 1.165) is 11.1 Å². The van der Waals surface area contributed by atoms with E-state index in [2.05, 4.69) is 4.98 Å². The van der Waals surface area contributed by atoms with Crippen LogP contribution in [0.1, 0.15) is 40.9 Å². The fourth-order valence-electron chi connectivity index (χ4n) is 2.41. The van der Waals surface area contributed by atoms with Crippen LogP contribution in [0.4, 0.5) is 0 Å². The fourth-order valence-corrected chi connectivity index (χ4v) is 2.41. The molecular weight excluding hydrogens is 318 g/mol. The summed E-state index contributed by atoms with van der Waals surface area (Å²) in [5.41, 5.74) is 2.64. The molecule has 0 amide bonds. The van der Waals surface area contributed by atoms with Crippen molar-refractivity contribution in [2.24, 2.45) is 0 Å². The number of aromatic hydroxyl groups is 1. The Morgan fingerprint density at radius 2 is 1.92 bits per heavy atom. The van der Waals surface area contributed by atoms with Crippen LogP contribution < -0.4 is 4.74 Å². The maximum absolute atomic E-state index is 11.7. The zero-order chi connectivity index (χ0) is 18.4. The predicted octanol–water partition coefficient (Wildman–Crippen LogP) is 4.17. The van der Waals surface area contributed by atoms with Crippen molar-refractivity contribution in [2.75, 3.05) is 7.11 Å². The number of methoxy groups -OCH3 is 1. The Morgan fingerprint density at radius 3 is 2.48 bits per heavy atom. The van der Waals surface area contributed by atoms with E-state index in [1.165, 1.54) is 7.11 Å². The Morgan fingerprint density at radius 1 is 1.24 bits per heavy atom. The summed E-state index contributed by atoms with van der Waals surface area (Å²) in [6, 6.07) is 5.24. The lowest BCUT2D eigenvalue weighted by molar-refractivity contribution is 0.0693. The van der Waals surface area contributed by atoms with Gasteiger partial charge in [-0.2, -0.15) is 0 Å². The quantitative estimate of drug-likeness (QED) is 0.772. The summed E-state index contributed by atoms with van der Waals surface area (Å²) in [5.74, 6) is -0.999. The number of carboxylic acid groups (broad SMARTS) is 1. The molecule has 1 heterocycles. The van der Waals surface area contributed by atoms with E-state index in [-0.39, 0.29) is 11.3 Å². The molecule has 2 N–H and O–H groups in total. The molecule has 130 valence electrons. The van der Waals surface area contributed by atoms with Crippen molar-refractivity contribution in [3.05, 3.63) is 64.5 Å². The molecule has 0 radical (unpaired) electrons. The number of ether oxygens (including phenoxy) is 1. The average Bonchev–Trinajstić information content (AvgIpc) is 2.58. The smallest absolute Gasteiger partial charge is 0.340 e. The van der Waals surface area contributed by atoms with E-state index in [0.29, 0.717) is 23.3 Å². The number of carboxylic acids is 1. The maximum Gasteiger partial charge on any atom is 0.340 e. The average molecular weight is 339 g/mol. The number of hydrogen-bond donors (Lipinski definition) is 2. The van der Waals surface area contributed by atoms with Gasteiger partial charge < -0.3 is 14.9 Å². The molecule has 25 heavy (non-hydrogen) atoms. The van der Waals surface area contributed by atoms with Gasteiger partial charge in [0, 0.05) is 18.0 Å². The number of benzene rings is 1. The van der Waals surface area contributed by atoms with Crippen LogP contribution in [0.3, 0.4) is 0 Å². The lowest BCUT2D eigenvalue weighted by Crippen LogP contribution is -2.04. The van der Waals surface area contributed by atoms with Crippen molar-refractivity contribution < 1.29 is 19.7 Å². The van der Waals surface area contributed by atoms with Gasteiger partial charge in [-0.15, -0.1) is 0 Å². The van der Waals surface area contributed by atoms with Crippen molar-refractivity contribution in [3.8, 4) is 11.5 Å². The first kappa shape index (κ1) is 18.3. The van der Waals surface area contributed by atoms with Gasteiger partial charge in [0.2, 0.25) is 0 Å². The van der Waals surface area contributed by atoms with Gasteiger partial charge in [-0.25, -0.2) is 4.79 Å². The number of aromatic carboxylic acids is 1. The SMILES string of the molecule is COc1cc(C=Cc2ccncc2)c(C(=O)O)c(O)c1CC=C(C)C. The molecule has 0 spiro atoms. The van der Waals surface area contributed by atoms with Gasteiger partial charge in [0.25, 0.3) is 0 Å². The normalized spacial score (nSPS) is 10.7. The molecule has 0 saturated heterocycles. The van der Waals surface area contributed by atoms with Crippen LogP contribution >= 0.6 is 0 Å². The van der Waals surface area contributed by atoms with Crippen LogP contribution in [0.2, 0.25) is 0 Å². The maximum atomic E-state index is 11.7. The number of pyridine rings is 1. The van der Waals surface area contributed by atoms with Gasteiger partial charge in [-0.3, -0.25) is 4.98 Å². The largest absolute Gasteiger partial charge is 0.507 e. The highest BCUT2D eigenvalue weighted by molar-refractivity contribution is 5.97. The Hall–Kier alpha value is -3.08. The molecule has 0 aliphatic heterocycles. The van der Waals surface area contributed by atoms with E-state index in [4.69, 9.17) is 4.74 Å². The third kappa shape index (κ3) is 4.47. The summed E-state index contributed by atoms with van der Waals surface area (Å²) < 4.78 is 5.36. The third-order valence-electron chi connectivity index (χ3n) is 3.71. The van der Waals surface area contributed by atoms with E-state index in [1.54, 1.807) is 42.7 Å². The summed E-state index contributed by atoms with van der Waals surface area (Å²) >= 11 is 0. The summed E-state index contributed by atoms with van der Waals surface area (Å²) in [6.07, 6.45) is 9.02. The minimum atomic E-state index is -1.19. The topological polar surface area (TPSA) is 79.7 Å². The van der Waals surface area contributed by atoms with Gasteiger partial charge in [-0.1, -0.05) is 23.8 Å². The predicted molar refractivity (Wildman–Crippen MR) is 97.9 cm³/mol. The zero-order valence-electron chi connectivity index (χ0n) is 14.5. The molecule has 5 nitrogen and oxygen atoms in total. The van der Waals surface area contributed by atoms with Crippen LogP contribution in [0, 0.1) is 0 Å². The molecule has 1 aromatic heterocycles. The van der Waals surface area contributed by atoms with Gasteiger partial charge in [0.05, 0.1) is 7.11 Å². The Balaban J connectivity index is 2.56. The van der Waals surface area contributed by atoms with Crippen LogP contribution in [0.15, 0.2) is 42.2 Å².